The van der Waals surface area contributed by atoms with Gasteiger partial charge in [0.05, 0.1) is 5.75 Å². The summed E-state index contributed by atoms with van der Waals surface area (Å²) in [7, 11) is 0. The second-order valence-corrected chi connectivity index (χ2v) is 8.57. The van der Waals surface area contributed by atoms with Crippen molar-refractivity contribution in [1.82, 2.24) is 10.2 Å². The van der Waals surface area contributed by atoms with Crippen LogP contribution >= 0.6 is 11.8 Å². The maximum Gasteiger partial charge on any atom is 0.242 e. The fourth-order valence-corrected chi connectivity index (χ4v) is 3.90. The van der Waals surface area contributed by atoms with Crippen LogP contribution in [0.4, 0.5) is 4.39 Å². The average molecular weight is 431 g/mol. The van der Waals surface area contributed by atoms with Gasteiger partial charge in [0.1, 0.15) is 11.9 Å². The predicted molar refractivity (Wildman–Crippen MR) is 122 cm³/mol. The number of aryl methyl sites for hydroxylation is 1. The van der Waals surface area contributed by atoms with Crippen LogP contribution in [0.15, 0.2) is 48.5 Å². The lowest BCUT2D eigenvalue weighted by Gasteiger charge is -2.29. The number of carbonyl (C=O) groups is 2. The van der Waals surface area contributed by atoms with E-state index < -0.39 is 6.04 Å². The van der Waals surface area contributed by atoms with Crippen LogP contribution in [0.5, 0.6) is 0 Å². The number of halogens is 1. The Bertz CT molecular complexity index is 859. The lowest BCUT2D eigenvalue weighted by molar-refractivity contribution is -0.138. The highest BCUT2D eigenvalue weighted by Gasteiger charge is 2.26. The Morgan fingerprint density at radius 3 is 2.53 bits per heavy atom. The van der Waals surface area contributed by atoms with Crippen molar-refractivity contribution in [1.29, 1.82) is 0 Å². The highest BCUT2D eigenvalue weighted by atomic mass is 32.2. The zero-order valence-electron chi connectivity index (χ0n) is 18.2. The molecule has 0 bridgehead atoms. The second-order valence-electron chi connectivity index (χ2n) is 7.59. The van der Waals surface area contributed by atoms with E-state index in [4.69, 9.17) is 0 Å². The van der Waals surface area contributed by atoms with Crippen molar-refractivity contribution in [3.8, 4) is 0 Å². The molecule has 0 saturated heterocycles. The first kappa shape index (κ1) is 23.9. The molecule has 2 unspecified atom stereocenters. The fraction of sp³-hybridized carbons (Fsp3) is 0.417. The molecule has 0 spiro atoms. The van der Waals surface area contributed by atoms with Crippen LogP contribution in [0.2, 0.25) is 0 Å². The molecule has 6 heteroatoms. The summed E-state index contributed by atoms with van der Waals surface area (Å²) in [4.78, 5) is 27.3. The Labute approximate surface area is 183 Å². The molecule has 30 heavy (non-hydrogen) atoms. The first-order valence-corrected chi connectivity index (χ1v) is 11.4. The van der Waals surface area contributed by atoms with E-state index in [2.05, 4.69) is 5.32 Å². The molecule has 0 aromatic heterocycles. The van der Waals surface area contributed by atoms with Crippen LogP contribution in [0.25, 0.3) is 0 Å². The Hall–Kier alpha value is -2.34. The SMILES string of the molecule is CCC(C)NC(=O)C(C)N(Cc1cccc(C)c1)C(=O)CSCc1ccccc1F. The molecule has 1 N–H and O–H groups in total. The fourth-order valence-electron chi connectivity index (χ4n) is 3.00. The van der Waals surface area contributed by atoms with E-state index in [0.29, 0.717) is 17.9 Å². The van der Waals surface area contributed by atoms with Gasteiger partial charge in [-0.3, -0.25) is 9.59 Å². The van der Waals surface area contributed by atoms with Crippen LogP contribution in [-0.4, -0.2) is 34.6 Å². The molecule has 2 aromatic rings. The topological polar surface area (TPSA) is 49.4 Å². The van der Waals surface area contributed by atoms with Crippen LogP contribution in [-0.2, 0) is 21.9 Å². The zero-order chi connectivity index (χ0) is 22.1. The zero-order valence-corrected chi connectivity index (χ0v) is 19.0. The second kappa shape index (κ2) is 11.7. The lowest BCUT2D eigenvalue weighted by Crippen LogP contribution is -2.50. The number of amides is 2. The van der Waals surface area contributed by atoms with Crippen molar-refractivity contribution in [2.24, 2.45) is 0 Å². The molecule has 4 nitrogen and oxygen atoms in total. The van der Waals surface area contributed by atoms with Gasteiger partial charge in [0.25, 0.3) is 0 Å². The Morgan fingerprint density at radius 2 is 1.87 bits per heavy atom. The van der Waals surface area contributed by atoms with Crippen molar-refractivity contribution in [3.05, 3.63) is 71.0 Å². The van der Waals surface area contributed by atoms with Crippen molar-refractivity contribution < 1.29 is 14.0 Å². The highest BCUT2D eigenvalue weighted by Crippen LogP contribution is 2.18. The first-order chi connectivity index (χ1) is 14.3. The molecule has 0 aliphatic heterocycles. The number of hydrogen-bond acceptors (Lipinski definition) is 3. The van der Waals surface area contributed by atoms with Gasteiger partial charge in [-0.15, -0.1) is 11.8 Å². The van der Waals surface area contributed by atoms with Crippen LogP contribution in [0.3, 0.4) is 0 Å². The molecule has 2 amide bonds. The summed E-state index contributed by atoms with van der Waals surface area (Å²) in [6.07, 6.45) is 0.822. The standard InChI is InChI=1S/C24H31FN2O2S/c1-5-18(3)26-24(29)19(4)27(14-20-10-8-9-17(2)13-20)23(28)16-30-15-21-11-6-7-12-22(21)25/h6-13,18-19H,5,14-16H2,1-4H3,(H,26,29). The summed E-state index contributed by atoms with van der Waals surface area (Å²) in [5.74, 6) is 0.0232. The number of thioether (sulfide) groups is 1. The number of benzene rings is 2. The van der Waals surface area contributed by atoms with E-state index in [9.17, 15) is 14.0 Å². The maximum atomic E-state index is 13.8. The summed E-state index contributed by atoms with van der Waals surface area (Å²) in [6.45, 7) is 8.06. The molecule has 0 aliphatic carbocycles. The third-order valence-corrected chi connectivity index (χ3v) is 6.01. The third kappa shape index (κ3) is 7.17. The highest BCUT2D eigenvalue weighted by molar-refractivity contribution is 7.99. The first-order valence-electron chi connectivity index (χ1n) is 10.3. The van der Waals surface area contributed by atoms with Gasteiger partial charge in [-0.2, -0.15) is 0 Å². The van der Waals surface area contributed by atoms with E-state index in [1.807, 2.05) is 45.0 Å². The molecular formula is C24H31FN2O2S. The van der Waals surface area contributed by atoms with E-state index in [-0.39, 0.29) is 29.4 Å². The lowest BCUT2D eigenvalue weighted by atomic mass is 10.1. The molecule has 2 aromatic carbocycles. The largest absolute Gasteiger partial charge is 0.352 e. The van der Waals surface area contributed by atoms with Crippen LogP contribution < -0.4 is 5.32 Å². The van der Waals surface area contributed by atoms with Gasteiger partial charge in [0.15, 0.2) is 0 Å². The van der Waals surface area contributed by atoms with Gasteiger partial charge < -0.3 is 10.2 Å². The van der Waals surface area contributed by atoms with E-state index in [1.54, 1.807) is 30.0 Å². The summed E-state index contributed by atoms with van der Waals surface area (Å²) >= 11 is 1.36. The van der Waals surface area contributed by atoms with Gasteiger partial charge in [0, 0.05) is 18.3 Å². The molecule has 0 heterocycles. The molecule has 0 aliphatic rings. The molecule has 0 radical (unpaired) electrons. The van der Waals surface area contributed by atoms with Crippen LogP contribution in [0.1, 0.15) is 43.9 Å². The quantitative estimate of drug-likeness (QED) is 0.594. The van der Waals surface area contributed by atoms with Crippen LogP contribution in [0, 0.1) is 12.7 Å². The van der Waals surface area contributed by atoms with Gasteiger partial charge in [-0.1, -0.05) is 55.0 Å². The summed E-state index contributed by atoms with van der Waals surface area (Å²) < 4.78 is 13.8. The van der Waals surface area contributed by atoms with E-state index in [1.165, 1.54) is 17.8 Å². The molecule has 162 valence electrons. The number of carbonyl (C=O) groups excluding carboxylic acids is 2. The smallest absolute Gasteiger partial charge is 0.242 e. The third-order valence-electron chi connectivity index (χ3n) is 5.04. The predicted octanol–water partition coefficient (Wildman–Crippen LogP) is 4.70. The Balaban J connectivity index is 2.09. The summed E-state index contributed by atoms with van der Waals surface area (Å²) in [5, 5.41) is 2.96. The number of nitrogens with one attached hydrogen (secondary N) is 1. The van der Waals surface area contributed by atoms with Crippen molar-refractivity contribution >= 4 is 23.6 Å². The van der Waals surface area contributed by atoms with E-state index in [0.717, 1.165) is 17.5 Å². The molecule has 2 atom stereocenters. The molecule has 0 saturated carbocycles. The molecule has 0 fully saturated rings. The minimum absolute atomic E-state index is 0.0475. The number of hydrogen-bond donors (Lipinski definition) is 1. The van der Waals surface area contributed by atoms with Crippen molar-refractivity contribution in [2.75, 3.05) is 5.75 Å². The molecule has 2 rings (SSSR count). The minimum Gasteiger partial charge on any atom is -0.352 e. The van der Waals surface area contributed by atoms with Gasteiger partial charge in [-0.25, -0.2) is 4.39 Å². The summed E-state index contributed by atoms with van der Waals surface area (Å²) in [5.41, 5.74) is 2.65. The van der Waals surface area contributed by atoms with Crippen molar-refractivity contribution in [3.63, 3.8) is 0 Å². The Kier molecular flexibility index (Phi) is 9.37. The normalized spacial score (nSPS) is 12.8. The minimum atomic E-state index is -0.596. The Morgan fingerprint density at radius 1 is 1.13 bits per heavy atom. The number of nitrogens with zero attached hydrogens (tertiary/aromatic N) is 1. The average Bonchev–Trinajstić information content (AvgIpc) is 2.72. The van der Waals surface area contributed by atoms with Gasteiger partial charge in [0.2, 0.25) is 11.8 Å². The van der Waals surface area contributed by atoms with E-state index >= 15 is 0 Å². The maximum absolute atomic E-state index is 13.8. The van der Waals surface area contributed by atoms with Crippen molar-refractivity contribution in [2.45, 2.75) is 58.5 Å². The molecular weight excluding hydrogens is 399 g/mol. The van der Waals surface area contributed by atoms with Gasteiger partial charge >= 0.3 is 0 Å². The summed E-state index contributed by atoms with van der Waals surface area (Å²) in [6, 6.07) is 14.0. The number of rotatable bonds is 10. The monoisotopic (exact) mass is 430 g/mol. The van der Waals surface area contributed by atoms with Gasteiger partial charge in [-0.05, 0) is 44.4 Å².